The van der Waals surface area contributed by atoms with Gasteiger partial charge in [-0.1, -0.05) is 12.1 Å². The molecular formula is C14H18N2O3S. The lowest BCUT2D eigenvalue weighted by Gasteiger charge is -2.19. The number of sulfonamides is 1. The minimum Gasteiger partial charge on any atom is -0.472 e. The van der Waals surface area contributed by atoms with Gasteiger partial charge < -0.3 is 9.73 Å². The normalized spacial score (nSPS) is 14.9. The molecule has 2 atom stereocenters. The highest BCUT2D eigenvalue weighted by Crippen LogP contribution is 2.20. The van der Waals surface area contributed by atoms with Gasteiger partial charge in [0.25, 0.3) is 0 Å². The Hall–Kier alpha value is -1.63. The van der Waals surface area contributed by atoms with Gasteiger partial charge in [-0.2, -0.15) is 0 Å². The van der Waals surface area contributed by atoms with Crippen LogP contribution in [-0.2, 0) is 10.0 Å². The van der Waals surface area contributed by atoms with E-state index in [0.717, 1.165) is 11.1 Å². The molecule has 0 fully saturated rings. The molecule has 0 saturated heterocycles. The lowest BCUT2D eigenvalue weighted by Crippen LogP contribution is -2.22. The zero-order valence-corrected chi connectivity index (χ0v) is 12.2. The summed E-state index contributed by atoms with van der Waals surface area (Å²) in [4.78, 5) is 0.122. The van der Waals surface area contributed by atoms with Gasteiger partial charge in [-0.05, 0) is 37.6 Å². The van der Waals surface area contributed by atoms with Gasteiger partial charge in [-0.3, -0.25) is 0 Å². The molecule has 1 aromatic heterocycles. The first kappa shape index (κ1) is 14.8. The summed E-state index contributed by atoms with van der Waals surface area (Å²) in [5.41, 5.74) is 2.06. The van der Waals surface area contributed by atoms with Crippen LogP contribution in [0.1, 0.15) is 37.1 Å². The summed E-state index contributed by atoms with van der Waals surface area (Å²) < 4.78 is 27.5. The fourth-order valence-corrected chi connectivity index (χ4v) is 2.55. The average Bonchev–Trinajstić information content (AvgIpc) is 2.91. The number of rotatable bonds is 5. The van der Waals surface area contributed by atoms with Crippen molar-refractivity contribution in [1.82, 2.24) is 5.32 Å². The van der Waals surface area contributed by atoms with Crippen LogP contribution in [0, 0.1) is 0 Å². The molecule has 1 aromatic carbocycles. The van der Waals surface area contributed by atoms with Gasteiger partial charge in [0.2, 0.25) is 10.0 Å². The molecule has 0 amide bonds. The van der Waals surface area contributed by atoms with Crippen LogP contribution in [-0.4, -0.2) is 8.42 Å². The summed E-state index contributed by atoms with van der Waals surface area (Å²) >= 11 is 0. The molecule has 0 radical (unpaired) electrons. The molecule has 5 nitrogen and oxygen atoms in total. The maximum Gasteiger partial charge on any atom is 0.238 e. The van der Waals surface area contributed by atoms with Crippen LogP contribution < -0.4 is 10.5 Å². The summed E-state index contributed by atoms with van der Waals surface area (Å²) in [7, 11) is -3.64. The molecule has 0 aliphatic heterocycles. The van der Waals surface area contributed by atoms with Gasteiger partial charge in [0, 0.05) is 17.6 Å². The molecule has 6 heteroatoms. The van der Waals surface area contributed by atoms with Gasteiger partial charge in [0.15, 0.2) is 0 Å². The van der Waals surface area contributed by atoms with Crippen LogP contribution >= 0.6 is 0 Å². The number of primary sulfonamides is 1. The van der Waals surface area contributed by atoms with Gasteiger partial charge in [0.1, 0.15) is 0 Å². The van der Waals surface area contributed by atoms with Crippen molar-refractivity contribution >= 4 is 10.0 Å². The van der Waals surface area contributed by atoms with Crippen LogP contribution in [0.25, 0.3) is 0 Å². The number of hydrogen-bond acceptors (Lipinski definition) is 4. The largest absolute Gasteiger partial charge is 0.472 e. The van der Waals surface area contributed by atoms with Gasteiger partial charge >= 0.3 is 0 Å². The van der Waals surface area contributed by atoms with Crippen molar-refractivity contribution in [3.8, 4) is 0 Å². The predicted octanol–water partition coefficient (Wildman–Crippen LogP) is 2.34. The van der Waals surface area contributed by atoms with E-state index < -0.39 is 10.0 Å². The number of hydrogen-bond donors (Lipinski definition) is 2. The third kappa shape index (κ3) is 3.47. The Morgan fingerprint density at radius 3 is 2.15 bits per heavy atom. The van der Waals surface area contributed by atoms with Crippen molar-refractivity contribution in [3.63, 3.8) is 0 Å². The Morgan fingerprint density at radius 1 is 1.05 bits per heavy atom. The van der Waals surface area contributed by atoms with Crippen molar-refractivity contribution in [2.24, 2.45) is 5.14 Å². The van der Waals surface area contributed by atoms with Gasteiger partial charge in [0.05, 0.1) is 17.4 Å². The summed E-state index contributed by atoms with van der Waals surface area (Å²) in [6.45, 7) is 4.06. The molecule has 3 N–H and O–H groups in total. The molecule has 20 heavy (non-hydrogen) atoms. The summed E-state index contributed by atoms with van der Waals surface area (Å²) in [5, 5.41) is 8.49. The summed E-state index contributed by atoms with van der Waals surface area (Å²) in [6, 6.07) is 8.70. The topological polar surface area (TPSA) is 85.3 Å². The van der Waals surface area contributed by atoms with Gasteiger partial charge in [-0.15, -0.1) is 0 Å². The lowest BCUT2D eigenvalue weighted by molar-refractivity contribution is 0.486. The van der Waals surface area contributed by atoms with Crippen LogP contribution in [0.2, 0.25) is 0 Å². The molecule has 1 heterocycles. The number of nitrogens with one attached hydrogen (secondary N) is 1. The second-order valence-electron chi connectivity index (χ2n) is 4.78. The SMILES string of the molecule is CC(NC(C)c1ccoc1)c1ccc(S(N)(=O)=O)cc1. The van der Waals surface area contributed by atoms with Crippen molar-refractivity contribution in [1.29, 1.82) is 0 Å². The van der Waals surface area contributed by atoms with Crippen molar-refractivity contribution in [2.75, 3.05) is 0 Å². The Bertz CT molecular complexity index is 648. The van der Waals surface area contributed by atoms with E-state index in [1.807, 2.05) is 19.9 Å². The molecule has 0 aliphatic rings. The Labute approximate surface area is 118 Å². The second-order valence-corrected chi connectivity index (χ2v) is 6.34. The number of furan rings is 1. The fourth-order valence-electron chi connectivity index (χ4n) is 2.04. The van der Waals surface area contributed by atoms with Crippen LogP contribution in [0.15, 0.2) is 52.2 Å². The molecule has 2 unspecified atom stereocenters. The molecular weight excluding hydrogens is 276 g/mol. The first-order valence-electron chi connectivity index (χ1n) is 6.29. The molecule has 2 rings (SSSR count). The monoisotopic (exact) mass is 294 g/mol. The molecule has 0 bridgehead atoms. The minimum atomic E-state index is -3.64. The van der Waals surface area contributed by atoms with Crippen molar-refractivity contribution in [2.45, 2.75) is 30.8 Å². The van der Waals surface area contributed by atoms with E-state index in [4.69, 9.17) is 9.56 Å². The number of benzene rings is 1. The first-order chi connectivity index (χ1) is 9.38. The van der Waals surface area contributed by atoms with E-state index in [0.29, 0.717) is 0 Å². The maximum atomic E-state index is 11.2. The zero-order chi connectivity index (χ0) is 14.8. The highest BCUT2D eigenvalue weighted by Gasteiger charge is 2.13. The van der Waals surface area contributed by atoms with E-state index >= 15 is 0 Å². The molecule has 0 aliphatic carbocycles. The lowest BCUT2D eigenvalue weighted by atomic mass is 10.1. The van der Waals surface area contributed by atoms with Gasteiger partial charge in [-0.25, -0.2) is 13.6 Å². The third-order valence-electron chi connectivity index (χ3n) is 3.25. The van der Waals surface area contributed by atoms with Crippen LogP contribution in [0.5, 0.6) is 0 Å². The molecule has 2 aromatic rings. The smallest absolute Gasteiger partial charge is 0.238 e. The van der Waals surface area contributed by atoms with E-state index in [-0.39, 0.29) is 17.0 Å². The second kappa shape index (κ2) is 5.78. The van der Waals surface area contributed by atoms with E-state index in [9.17, 15) is 8.42 Å². The fraction of sp³-hybridized carbons (Fsp3) is 0.286. The minimum absolute atomic E-state index is 0.0782. The van der Waals surface area contributed by atoms with Crippen LogP contribution in [0.4, 0.5) is 0 Å². The predicted molar refractivity (Wildman–Crippen MR) is 76.5 cm³/mol. The van der Waals surface area contributed by atoms with E-state index in [2.05, 4.69) is 5.32 Å². The Kier molecular flexibility index (Phi) is 4.27. The number of nitrogens with two attached hydrogens (primary N) is 1. The summed E-state index contributed by atoms with van der Waals surface area (Å²) in [6.07, 6.45) is 3.34. The summed E-state index contributed by atoms with van der Waals surface area (Å²) in [5.74, 6) is 0. The standard InChI is InChI=1S/C14H18N2O3S/c1-10(16-11(2)13-7-8-19-9-13)12-3-5-14(6-4-12)20(15,17)18/h3-11,16H,1-2H3,(H2,15,17,18). The maximum absolute atomic E-state index is 11.2. The highest BCUT2D eigenvalue weighted by atomic mass is 32.2. The average molecular weight is 294 g/mol. The Balaban J connectivity index is 2.08. The molecule has 108 valence electrons. The Morgan fingerprint density at radius 2 is 1.65 bits per heavy atom. The van der Waals surface area contributed by atoms with Crippen molar-refractivity contribution < 1.29 is 12.8 Å². The zero-order valence-electron chi connectivity index (χ0n) is 11.4. The highest BCUT2D eigenvalue weighted by molar-refractivity contribution is 7.89. The van der Waals surface area contributed by atoms with E-state index in [1.165, 1.54) is 12.1 Å². The van der Waals surface area contributed by atoms with Crippen molar-refractivity contribution in [3.05, 3.63) is 54.0 Å². The molecule has 0 spiro atoms. The van der Waals surface area contributed by atoms with Crippen LogP contribution in [0.3, 0.4) is 0 Å². The third-order valence-corrected chi connectivity index (χ3v) is 4.18. The molecule has 0 saturated carbocycles. The first-order valence-corrected chi connectivity index (χ1v) is 7.83. The quantitative estimate of drug-likeness (QED) is 0.886. The van der Waals surface area contributed by atoms with E-state index in [1.54, 1.807) is 24.7 Å².